The highest BCUT2D eigenvalue weighted by Gasteiger charge is 1.99. The van der Waals surface area contributed by atoms with E-state index >= 15 is 0 Å². The van der Waals surface area contributed by atoms with Crippen molar-refractivity contribution in [1.29, 1.82) is 5.26 Å². The summed E-state index contributed by atoms with van der Waals surface area (Å²) in [7, 11) is 0. The average Bonchev–Trinajstić information content (AvgIpc) is 1.98. The summed E-state index contributed by atoms with van der Waals surface area (Å²) in [5, 5.41) is 8.41. The molecule has 0 spiro atoms. The van der Waals surface area contributed by atoms with Gasteiger partial charge < -0.3 is 0 Å². The standard InChI is InChI=1S/C7H11ClIN/c8-5-3-1-2-4-7(9)6-10/h7H,1-5H2. The van der Waals surface area contributed by atoms with Gasteiger partial charge in [0.15, 0.2) is 0 Å². The van der Waals surface area contributed by atoms with Crippen molar-refractivity contribution in [3.63, 3.8) is 0 Å². The molecule has 0 heterocycles. The molecule has 0 fully saturated rings. The average molecular weight is 272 g/mol. The number of rotatable bonds is 5. The number of nitriles is 1. The maximum atomic E-state index is 8.41. The second-order valence-corrected chi connectivity index (χ2v) is 4.02. The predicted octanol–water partition coefficient (Wildman–Crippen LogP) is 3.11. The van der Waals surface area contributed by atoms with Crippen molar-refractivity contribution in [1.82, 2.24) is 0 Å². The van der Waals surface area contributed by atoms with Gasteiger partial charge in [-0.3, -0.25) is 0 Å². The van der Waals surface area contributed by atoms with E-state index in [1.54, 1.807) is 0 Å². The highest BCUT2D eigenvalue weighted by atomic mass is 127. The first-order valence-corrected chi connectivity index (χ1v) is 5.19. The molecule has 1 atom stereocenters. The van der Waals surface area contributed by atoms with Crippen molar-refractivity contribution in [3.8, 4) is 6.07 Å². The highest BCUT2D eigenvalue weighted by Crippen LogP contribution is 2.10. The molecule has 0 aliphatic carbocycles. The molecular weight excluding hydrogens is 260 g/mol. The lowest BCUT2D eigenvalue weighted by Crippen LogP contribution is -1.91. The second kappa shape index (κ2) is 7.62. The Morgan fingerprint density at radius 3 is 2.60 bits per heavy atom. The van der Waals surface area contributed by atoms with E-state index < -0.39 is 0 Å². The molecule has 0 aromatic rings. The summed E-state index contributed by atoms with van der Waals surface area (Å²) >= 11 is 7.65. The summed E-state index contributed by atoms with van der Waals surface area (Å²) in [6.07, 6.45) is 4.38. The van der Waals surface area contributed by atoms with Gasteiger partial charge in [-0.1, -0.05) is 35.4 Å². The van der Waals surface area contributed by atoms with Crippen molar-refractivity contribution < 1.29 is 0 Å². The van der Waals surface area contributed by atoms with Gasteiger partial charge in [0.05, 0.1) is 9.99 Å². The van der Waals surface area contributed by atoms with Gasteiger partial charge in [0, 0.05) is 5.88 Å². The van der Waals surface area contributed by atoms with Crippen LogP contribution in [0.4, 0.5) is 0 Å². The number of hydrogen-bond acceptors (Lipinski definition) is 1. The van der Waals surface area contributed by atoms with E-state index in [0.717, 1.165) is 31.6 Å². The van der Waals surface area contributed by atoms with Crippen molar-refractivity contribution in [3.05, 3.63) is 0 Å². The predicted molar refractivity (Wildman–Crippen MR) is 52.6 cm³/mol. The molecule has 0 amide bonds. The molecule has 0 aromatic heterocycles. The Bertz CT molecular complexity index is 111. The summed E-state index contributed by atoms with van der Waals surface area (Å²) in [5.74, 6) is 0.748. The Morgan fingerprint density at radius 2 is 2.10 bits per heavy atom. The molecule has 10 heavy (non-hydrogen) atoms. The Balaban J connectivity index is 2.98. The molecular formula is C7H11ClIN. The van der Waals surface area contributed by atoms with E-state index in [2.05, 4.69) is 28.7 Å². The summed E-state index contributed by atoms with van der Waals surface area (Å²) in [4.78, 5) is 0. The fourth-order valence-electron chi connectivity index (χ4n) is 0.659. The summed E-state index contributed by atoms with van der Waals surface area (Å²) in [6.45, 7) is 0. The van der Waals surface area contributed by atoms with Gasteiger partial charge in [-0.2, -0.15) is 5.26 Å². The first kappa shape index (κ1) is 10.5. The number of alkyl halides is 2. The van der Waals surface area contributed by atoms with Gasteiger partial charge >= 0.3 is 0 Å². The topological polar surface area (TPSA) is 23.8 Å². The maximum Gasteiger partial charge on any atom is 0.0978 e. The normalized spacial score (nSPS) is 12.5. The molecule has 0 bridgehead atoms. The highest BCUT2D eigenvalue weighted by molar-refractivity contribution is 14.1. The second-order valence-electron chi connectivity index (χ2n) is 2.13. The molecule has 0 aromatic carbocycles. The largest absolute Gasteiger partial charge is 0.197 e. The Labute approximate surface area is 80.9 Å². The van der Waals surface area contributed by atoms with Crippen LogP contribution in [0.15, 0.2) is 0 Å². The Hall–Kier alpha value is 0.510. The lowest BCUT2D eigenvalue weighted by molar-refractivity contribution is 0.692. The molecule has 1 unspecified atom stereocenters. The zero-order valence-electron chi connectivity index (χ0n) is 5.82. The third-order valence-electron chi connectivity index (χ3n) is 1.23. The number of hydrogen-bond donors (Lipinski definition) is 0. The summed E-state index contributed by atoms with van der Waals surface area (Å²) in [6, 6.07) is 2.20. The molecule has 0 radical (unpaired) electrons. The SMILES string of the molecule is N#CC(I)CCCCCCl. The third-order valence-corrected chi connectivity index (χ3v) is 2.40. The van der Waals surface area contributed by atoms with E-state index in [9.17, 15) is 0 Å². The first-order chi connectivity index (χ1) is 4.81. The number of unbranched alkanes of at least 4 members (excludes halogenated alkanes) is 2. The lowest BCUT2D eigenvalue weighted by atomic mass is 10.2. The lowest BCUT2D eigenvalue weighted by Gasteiger charge is -1.98. The van der Waals surface area contributed by atoms with Crippen LogP contribution in [-0.2, 0) is 0 Å². The van der Waals surface area contributed by atoms with E-state index in [1.165, 1.54) is 0 Å². The van der Waals surface area contributed by atoms with Gasteiger partial charge in [-0.05, 0) is 12.8 Å². The minimum atomic E-state index is 0.188. The van der Waals surface area contributed by atoms with Crippen LogP contribution < -0.4 is 0 Å². The first-order valence-electron chi connectivity index (χ1n) is 3.41. The Kier molecular flexibility index (Phi) is 8.00. The smallest absolute Gasteiger partial charge is 0.0978 e. The molecule has 0 rings (SSSR count). The van der Waals surface area contributed by atoms with Crippen LogP contribution in [0.25, 0.3) is 0 Å². The minimum Gasteiger partial charge on any atom is -0.197 e. The maximum absolute atomic E-state index is 8.41. The van der Waals surface area contributed by atoms with Crippen LogP contribution in [0.1, 0.15) is 25.7 Å². The van der Waals surface area contributed by atoms with Crippen LogP contribution in [-0.4, -0.2) is 9.80 Å². The van der Waals surface area contributed by atoms with Crippen LogP contribution >= 0.6 is 34.2 Å². The number of halogens is 2. The van der Waals surface area contributed by atoms with Crippen LogP contribution in [0.2, 0.25) is 0 Å². The quantitative estimate of drug-likeness (QED) is 0.428. The fraction of sp³-hybridized carbons (Fsp3) is 0.857. The monoisotopic (exact) mass is 271 g/mol. The number of nitrogens with zero attached hydrogens (tertiary/aromatic N) is 1. The van der Waals surface area contributed by atoms with Gasteiger partial charge in [-0.15, -0.1) is 11.6 Å². The Morgan fingerprint density at radius 1 is 1.40 bits per heavy atom. The van der Waals surface area contributed by atoms with E-state index in [4.69, 9.17) is 16.9 Å². The van der Waals surface area contributed by atoms with Gasteiger partial charge in [-0.25, -0.2) is 0 Å². The van der Waals surface area contributed by atoms with Crippen LogP contribution in [0.5, 0.6) is 0 Å². The van der Waals surface area contributed by atoms with Crippen molar-refractivity contribution >= 4 is 34.2 Å². The minimum absolute atomic E-state index is 0.188. The molecule has 0 saturated carbocycles. The molecule has 0 aliphatic heterocycles. The summed E-state index contributed by atoms with van der Waals surface area (Å²) in [5.41, 5.74) is 0. The van der Waals surface area contributed by atoms with Crippen molar-refractivity contribution in [2.75, 3.05) is 5.88 Å². The molecule has 1 nitrogen and oxygen atoms in total. The molecule has 0 N–H and O–H groups in total. The van der Waals surface area contributed by atoms with Gasteiger partial charge in [0.2, 0.25) is 0 Å². The molecule has 3 heteroatoms. The van der Waals surface area contributed by atoms with Crippen molar-refractivity contribution in [2.45, 2.75) is 29.6 Å². The molecule has 0 aliphatic rings. The molecule has 58 valence electrons. The van der Waals surface area contributed by atoms with Crippen LogP contribution in [0, 0.1) is 11.3 Å². The molecule has 0 saturated heterocycles. The zero-order valence-corrected chi connectivity index (χ0v) is 8.73. The zero-order chi connectivity index (χ0) is 7.82. The third kappa shape index (κ3) is 6.63. The van der Waals surface area contributed by atoms with Crippen LogP contribution in [0.3, 0.4) is 0 Å². The van der Waals surface area contributed by atoms with Crippen molar-refractivity contribution in [2.24, 2.45) is 0 Å². The fourth-order valence-corrected chi connectivity index (χ4v) is 1.29. The van der Waals surface area contributed by atoms with E-state index in [1.807, 2.05) is 0 Å². The van der Waals surface area contributed by atoms with E-state index in [-0.39, 0.29) is 3.92 Å². The van der Waals surface area contributed by atoms with Gasteiger partial charge in [0.25, 0.3) is 0 Å². The summed E-state index contributed by atoms with van der Waals surface area (Å²) < 4.78 is 0.188. The van der Waals surface area contributed by atoms with Gasteiger partial charge in [0.1, 0.15) is 0 Å². The van der Waals surface area contributed by atoms with E-state index in [0.29, 0.717) is 0 Å².